The van der Waals surface area contributed by atoms with Gasteiger partial charge in [0.1, 0.15) is 24.4 Å². The molecule has 1 aliphatic heterocycles. The molecule has 1 aromatic carbocycles. The Balaban J connectivity index is 2.28. The Morgan fingerprint density at radius 1 is 1.22 bits per heavy atom. The predicted octanol–water partition coefficient (Wildman–Crippen LogP) is 0.00530. The first-order valence-electron chi connectivity index (χ1n) is 8.59. The average molecular weight is 377 g/mol. The molecule has 1 heterocycles. The summed E-state index contributed by atoms with van der Waals surface area (Å²) in [6.07, 6.45) is -0.247. The molecule has 0 saturated carbocycles. The van der Waals surface area contributed by atoms with Crippen LogP contribution < -0.4 is 15.4 Å². The lowest BCUT2D eigenvalue weighted by atomic mass is 10.1. The summed E-state index contributed by atoms with van der Waals surface area (Å²) in [5.41, 5.74) is 0.186. The van der Waals surface area contributed by atoms with Crippen molar-refractivity contribution in [1.82, 2.24) is 15.5 Å². The third-order valence-corrected chi connectivity index (χ3v) is 4.20. The largest absolute Gasteiger partial charge is 0.491 e. The highest BCUT2D eigenvalue weighted by Crippen LogP contribution is 2.18. The first-order chi connectivity index (χ1) is 12.8. The van der Waals surface area contributed by atoms with E-state index in [1.807, 2.05) is 0 Å². The monoisotopic (exact) mass is 377 g/mol. The number of carbonyl (C=O) groups is 4. The van der Waals surface area contributed by atoms with Gasteiger partial charge in [0.05, 0.1) is 12.1 Å². The second-order valence-corrected chi connectivity index (χ2v) is 6.30. The van der Waals surface area contributed by atoms with Gasteiger partial charge in [-0.3, -0.25) is 14.4 Å². The molecule has 0 spiro atoms. The second-order valence-electron chi connectivity index (χ2n) is 6.30. The van der Waals surface area contributed by atoms with Gasteiger partial charge in [0.15, 0.2) is 0 Å². The van der Waals surface area contributed by atoms with Gasteiger partial charge in [-0.25, -0.2) is 4.79 Å². The molecule has 0 bridgehead atoms. The molecule has 0 unspecified atom stereocenters. The van der Waals surface area contributed by atoms with Gasteiger partial charge < -0.3 is 25.4 Å². The summed E-state index contributed by atoms with van der Waals surface area (Å²) in [6.45, 7) is 1.95. The van der Waals surface area contributed by atoms with Crippen LogP contribution in [0.5, 0.6) is 5.75 Å². The van der Waals surface area contributed by atoms with Crippen LogP contribution in [-0.2, 0) is 14.4 Å². The van der Waals surface area contributed by atoms with Crippen LogP contribution in [0.1, 0.15) is 30.1 Å². The second kappa shape index (κ2) is 9.02. The number of para-hydroxylation sites is 1. The summed E-state index contributed by atoms with van der Waals surface area (Å²) in [5.74, 6) is -2.32. The molecule has 9 nitrogen and oxygen atoms in total. The van der Waals surface area contributed by atoms with Gasteiger partial charge in [-0.05, 0) is 25.5 Å². The minimum absolute atomic E-state index is 0.104. The molecule has 0 saturated heterocycles. The van der Waals surface area contributed by atoms with E-state index >= 15 is 0 Å². The van der Waals surface area contributed by atoms with E-state index in [-0.39, 0.29) is 43.2 Å². The quantitative estimate of drug-likeness (QED) is 0.633. The molecule has 27 heavy (non-hydrogen) atoms. The summed E-state index contributed by atoms with van der Waals surface area (Å²) in [5, 5.41) is 14.3. The SMILES string of the molecule is C[C@@H]1NC(=O)CC[C@@H](C(=O)O)NC(=O)c2ccccc2OCCN(C)C1=O. The smallest absolute Gasteiger partial charge is 0.326 e. The number of rotatable bonds is 1. The van der Waals surface area contributed by atoms with Gasteiger partial charge in [0.2, 0.25) is 11.8 Å². The Bertz CT molecular complexity index is 736. The van der Waals surface area contributed by atoms with Crippen molar-refractivity contribution in [3.8, 4) is 5.75 Å². The topological polar surface area (TPSA) is 125 Å². The number of carboxylic acids is 1. The van der Waals surface area contributed by atoms with E-state index in [0.29, 0.717) is 0 Å². The minimum Gasteiger partial charge on any atom is -0.491 e. The van der Waals surface area contributed by atoms with Crippen molar-refractivity contribution in [2.45, 2.75) is 31.8 Å². The van der Waals surface area contributed by atoms with Gasteiger partial charge >= 0.3 is 5.97 Å². The molecule has 146 valence electrons. The number of benzene rings is 1. The third-order valence-electron chi connectivity index (χ3n) is 4.20. The highest BCUT2D eigenvalue weighted by Gasteiger charge is 2.25. The summed E-state index contributed by atoms with van der Waals surface area (Å²) in [6, 6.07) is 4.45. The minimum atomic E-state index is -1.25. The zero-order valence-electron chi connectivity index (χ0n) is 15.2. The molecule has 1 aliphatic rings. The molecule has 9 heteroatoms. The van der Waals surface area contributed by atoms with Crippen molar-refractivity contribution in [3.05, 3.63) is 29.8 Å². The molecule has 0 aromatic heterocycles. The number of carboxylic acid groups (broad SMARTS) is 1. The van der Waals surface area contributed by atoms with Crippen molar-refractivity contribution in [2.24, 2.45) is 0 Å². The molecular weight excluding hydrogens is 354 g/mol. The van der Waals surface area contributed by atoms with Gasteiger partial charge in [0, 0.05) is 13.5 Å². The lowest BCUT2D eigenvalue weighted by molar-refractivity contribution is -0.140. The van der Waals surface area contributed by atoms with Crippen LogP contribution in [-0.4, -0.2) is 66.0 Å². The molecular formula is C18H23N3O6. The van der Waals surface area contributed by atoms with Crippen molar-refractivity contribution in [3.63, 3.8) is 0 Å². The zero-order chi connectivity index (χ0) is 20.0. The fourth-order valence-electron chi connectivity index (χ4n) is 2.66. The van der Waals surface area contributed by atoms with E-state index in [4.69, 9.17) is 4.74 Å². The third kappa shape index (κ3) is 5.44. The average Bonchev–Trinajstić information content (AvgIpc) is 2.63. The first kappa shape index (κ1) is 20.2. The van der Waals surface area contributed by atoms with E-state index in [0.717, 1.165) is 0 Å². The summed E-state index contributed by atoms with van der Waals surface area (Å²) in [4.78, 5) is 49.7. The molecule has 2 atom stereocenters. The van der Waals surface area contributed by atoms with Crippen LogP contribution in [0.2, 0.25) is 0 Å². The van der Waals surface area contributed by atoms with Crippen LogP contribution in [0.15, 0.2) is 24.3 Å². The Labute approximate surface area is 156 Å². The molecule has 3 N–H and O–H groups in total. The number of nitrogens with one attached hydrogen (secondary N) is 2. The highest BCUT2D eigenvalue weighted by molar-refractivity contribution is 5.99. The van der Waals surface area contributed by atoms with Crippen LogP contribution >= 0.6 is 0 Å². The van der Waals surface area contributed by atoms with E-state index < -0.39 is 29.9 Å². The Kier molecular flexibility index (Phi) is 6.75. The lowest BCUT2D eigenvalue weighted by Crippen LogP contribution is -2.47. The number of fused-ring (bicyclic) bond motifs is 1. The van der Waals surface area contributed by atoms with E-state index in [9.17, 15) is 24.3 Å². The van der Waals surface area contributed by atoms with Gasteiger partial charge in [-0.15, -0.1) is 0 Å². The first-order valence-corrected chi connectivity index (χ1v) is 8.59. The molecule has 2 rings (SSSR count). The zero-order valence-corrected chi connectivity index (χ0v) is 15.2. The highest BCUT2D eigenvalue weighted by atomic mass is 16.5. The van der Waals surface area contributed by atoms with E-state index in [1.54, 1.807) is 32.2 Å². The van der Waals surface area contributed by atoms with E-state index in [2.05, 4.69) is 10.6 Å². The van der Waals surface area contributed by atoms with Crippen LogP contribution in [0, 0.1) is 0 Å². The molecule has 0 radical (unpaired) electrons. The fourth-order valence-corrected chi connectivity index (χ4v) is 2.66. The van der Waals surface area contributed by atoms with Crippen LogP contribution in [0.25, 0.3) is 0 Å². The van der Waals surface area contributed by atoms with Gasteiger partial charge in [0.25, 0.3) is 5.91 Å². The summed E-state index contributed by atoms with van der Waals surface area (Å²) < 4.78 is 5.62. The van der Waals surface area contributed by atoms with Crippen molar-refractivity contribution in [1.29, 1.82) is 0 Å². The number of ether oxygens (including phenoxy) is 1. The Hall–Kier alpha value is -3.10. The fraction of sp³-hybridized carbons (Fsp3) is 0.444. The van der Waals surface area contributed by atoms with Gasteiger partial charge in [-0.2, -0.15) is 0 Å². The molecule has 1 aromatic rings. The van der Waals surface area contributed by atoms with Crippen molar-refractivity contribution < 1.29 is 29.0 Å². The maximum absolute atomic E-state index is 12.5. The number of amides is 3. The Morgan fingerprint density at radius 2 is 1.93 bits per heavy atom. The summed E-state index contributed by atoms with van der Waals surface area (Å²) >= 11 is 0. The predicted molar refractivity (Wildman–Crippen MR) is 95.3 cm³/mol. The van der Waals surface area contributed by atoms with Crippen LogP contribution in [0.3, 0.4) is 0 Å². The van der Waals surface area contributed by atoms with Crippen molar-refractivity contribution in [2.75, 3.05) is 20.2 Å². The molecule has 0 fully saturated rings. The number of hydrogen-bond donors (Lipinski definition) is 3. The maximum Gasteiger partial charge on any atom is 0.326 e. The molecule has 3 amide bonds. The van der Waals surface area contributed by atoms with E-state index in [1.165, 1.54) is 11.0 Å². The number of carbonyl (C=O) groups excluding carboxylic acids is 3. The summed E-state index contributed by atoms with van der Waals surface area (Å²) in [7, 11) is 1.59. The maximum atomic E-state index is 12.5. The van der Waals surface area contributed by atoms with Gasteiger partial charge in [-0.1, -0.05) is 12.1 Å². The number of hydrogen-bond acceptors (Lipinski definition) is 5. The number of nitrogens with zero attached hydrogens (tertiary/aromatic N) is 1. The van der Waals surface area contributed by atoms with Crippen LogP contribution in [0.4, 0.5) is 0 Å². The van der Waals surface area contributed by atoms with Crippen molar-refractivity contribution >= 4 is 23.7 Å². The standard InChI is InChI=1S/C18H23N3O6/c1-11-17(24)21(2)9-10-27-14-6-4-3-5-12(14)16(23)20-13(18(25)26)7-8-15(22)19-11/h3-6,11,13H,7-10H2,1-2H3,(H,19,22)(H,20,23)(H,25,26)/t11-,13-/m0/s1. The lowest BCUT2D eigenvalue weighted by Gasteiger charge is -2.22. The number of likely N-dealkylation sites (N-methyl/N-ethyl adjacent to an activating group) is 1. The number of aliphatic carboxylic acids is 1. The normalized spacial score (nSPS) is 22.4. The Morgan fingerprint density at radius 3 is 2.63 bits per heavy atom. The molecule has 0 aliphatic carbocycles.